The molecule has 0 aliphatic carbocycles. The second-order valence-corrected chi connectivity index (χ2v) is 8.90. The second kappa shape index (κ2) is 6.07. The Morgan fingerprint density at radius 3 is 2.33 bits per heavy atom. The van der Waals surface area contributed by atoms with Gasteiger partial charge >= 0.3 is 0 Å². The summed E-state index contributed by atoms with van der Waals surface area (Å²) in [7, 11) is -1.74. The summed E-state index contributed by atoms with van der Waals surface area (Å²) in [5.74, 6) is 0. The molecule has 2 rings (SSSR count). The maximum Gasteiger partial charge on any atom is 0.242 e. The van der Waals surface area contributed by atoms with Crippen LogP contribution in [0, 0.1) is 0 Å². The summed E-state index contributed by atoms with van der Waals surface area (Å²) in [6.07, 6.45) is 2.17. The lowest BCUT2D eigenvalue weighted by Crippen LogP contribution is -2.38. The quantitative estimate of drug-likeness (QED) is 0.929. The minimum Gasteiger partial charge on any atom is -0.313 e. The molecule has 1 fully saturated rings. The summed E-state index contributed by atoms with van der Waals surface area (Å²) in [5.41, 5.74) is 1.17. The molecule has 5 heteroatoms. The van der Waals surface area contributed by atoms with Crippen molar-refractivity contribution in [3.05, 3.63) is 29.8 Å². The van der Waals surface area contributed by atoms with Gasteiger partial charge < -0.3 is 5.32 Å². The lowest BCUT2D eigenvalue weighted by Gasteiger charge is -2.22. The Morgan fingerprint density at radius 1 is 1.24 bits per heavy atom. The molecule has 0 saturated carbocycles. The number of nitrogens with zero attached hydrogens (tertiary/aromatic N) is 1. The third-order valence-electron chi connectivity index (χ3n) is 4.07. The van der Waals surface area contributed by atoms with E-state index in [1.807, 2.05) is 12.1 Å². The molecule has 1 unspecified atom stereocenters. The molecular weight excluding hydrogens is 284 g/mol. The molecule has 0 bridgehead atoms. The highest BCUT2D eigenvalue weighted by molar-refractivity contribution is 7.89. The first-order valence-corrected chi connectivity index (χ1v) is 8.95. The molecule has 1 aromatic rings. The smallest absolute Gasteiger partial charge is 0.242 e. The van der Waals surface area contributed by atoms with Crippen molar-refractivity contribution in [2.24, 2.45) is 0 Å². The molecule has 118 valence electrons. The van der Waals surface area contributed by atoms with Crippen LogP contribution in [0.4, 0.5) is 0 Å². The van der Waals surface area contributed by atoms with Gasteiger partial charge in [-0.2, -0.15) is 4.31 Å². The van der Waals surface area contributed by atoms with Crippen LogP contribution in [0.2, 0.25) is 0 Å². The Hall–Kier alpha value is -0.910. The highest BCUT2D eigenvalue weighted by Crippen LogP contribution is 2.24. The molecule has 1 N–H and O–H groups in total. The topological polar surface area (TPSA) is 49.4 Å². The number of rotatable bonds is 4. The first kappa shape index (κ1) is 16.5. The maximum absolute atomic E-state index is 12.6. The monoisotopic (exact) mass is 310 g/mol. The fraction of sp³-hybridized carbons (Fsp3) is 0.625. The van der Waals surface area contributed by atoms with E-state index in [2.05, 4.69) is 26.1 Å². The van der Waals surface area contributed by atoms with Crippen molar-refractivity contribution in [1.29, 1.82) is 0 Å². The van der Waals surface area contributed by atoms with E-state index in [0.717, 1.165) is 24.9 Å². The average Bonchev–Trinajstić information content (AvgIpc) is 2.90. The van der Waals surface area contributed by atoms with Crippen molar-refractivity contribution in [1.82, 2.24) is 9.62 Å². The molecule has 21 heavy (non-hydrogen) atoms. The normalized spacial score (nSPS) is 20.1. The predicted molar refractivity (Wildman–Crippen MR) is 86.0 cm³/mol. The number of hydrogen-bond acceptors (Lipinski definition) is 3. The number of sulfonamides is 1. The van der Waals surface area contributed by atoms with Crippen LogP contribution >= 0.6 is 0 Å². The largest absolute Gasteiger partial charge is 0.313 e. The minimum atomic E-state index is -3.40. The van der Waals surface area contributed by atoms with Crippen LogP contribution in [0.15, 0.2) is 29.2 Å². The zero-order chi connectivity index (χ0) is 15.7. The van der Waals surface area contributed by atoms with Gasteiger partial charge in [-0.15, -0.1) is 0 Å². The lowest BCUT2D eigenvalue weighted by atomic mass is 9.87. The summed E-state index contributed by atoms with van der Waals surface area (Å²) in [6, 6.07) is 7.53. The maximum atomic E-state index is 12.6. The van der Waals surface area contributed by atoms with E-state index in [1.54, 1.807) is 19.2 Å². The van der Waals surface area contributed by atoms with Crippen LogP contribution in [-0.2, 0) is 15.4 Å². The van der Waals surface area contributed by atoms with Gasteiger partial charge in [0.05, 0.1) is 4.90 Å². The van der Waals surface area contributed by atoms with E-state index in [-0.39, 0.29) is 11.5 Å². The minimum absolute atomic E-state index is 0.0297. The van der Waals surface area contributed by atoms with Gasteiger partial charge in [0.1, 0.15) is 0 Å². The number of hydrogen-bond donors (Lipinski definition) is 1. The fourth-order valence-electron chi connectivity index (χ4n) is 2.63. The van der Waals surface area contributed by atoms with Crippen LogP contribution in [0.3, 0.4) is 0 Å². The standard InChI is InChI=1S/C16H26N2O2S/c1-16(2,3)13-7-9-15(10-8-13)21(19,20)18(4)12-14-6-5-11-17-14/h7-10,14,17H,5-6,11-12H2,1-4H3. The van der Waals surface area contributed by atoms with Crippen LogP contribution in [0.1, 0.15) is 39.2 Å². The molecule has 1 aliphatic rings. The molecule has 4 nitrogen and oxygen atoms in total. The second-order valence-electron chi connectivity index (χ2n) is 6.85. The van der Waals surface area contributed by atoms with E-state index >= 15 is 0 Å². The number of nitrogens with one attached hydrogen (secondary N) is 1. The van der Waals surface area contributed by atoms with Gasteiger partial charge in [0.15, 0.2) is 0 Å². The fourth-order valence-corrected chi connectivity index (χ4v) is 3.84. The van der Waals surface area contributed by atoms with Crippen LogP contribution in [0.5, 0.6) is 0 Å². The summed E-state index contributed by atoms with van der Waals surface area (Å²) in [6.45, 7) is 7.87. The zero-order valence-corrected chi connectivity index (χ0v) is 14.2. The Bertz CT molecular complexity index is 567. The van der Waals surface area contributed by atoms with Gasteiger partial charge in [0.25, 0.3) is 0 Å². The van der Waals surface area contributed by atoms with E-state index in [9.17, 15) is 8.42 Å². The molecule has 0 spiro atoms. The van der Waals surface area contributed by atoms with Crippen LogP contribution in [-0.4, -0.2) is 38.9 Å². The van der Waals surface area contributed by atoms with Gasteiger partial charge in [0, 0.05) is 19.6 Å². The van der Waals surface area contributed by atoms with Gasteiger partial charge in [-0.1, -0.05) is 32.9 Å². The molecule has 1 heterocycles. The van der Waals surface area contributed by atoms with Gasteiger partial charge in [-0.3, -0.25) is 0 Å². The molecule has 1 aliphatic heterocycles. The molecule has 1 saturated heterocycles. The first-order chi connectivity index (χ1) is 9.71. The van der Waals surface area contributed by atoms with Crippen molar-refractivity contribution in [2.75, 3.05) is 20.1 Å². The Morgan fingerprint density at radius 2 is 1.86 bits per heavy atom. The average molecular weight is 310 g/mol. The lowest BCUT2D eigenvalue weighted by molar-refractivity contribution is 0.417. The Kier molecular flexibility index (Phi) is 4.76. The van der Waals surface area contributed by atoms with Gasteiger partial charge in [-0.05, 0) is 42.5 Å². The zero-order valence-electron chi connectivity index (χ0n) is 13.4. The number of benzene rings is 1. The predicted octanol–water partition coefficient (Wildman–Crippen LogP) is 2.36. The number of likely N-dealkylation sites (N-methyl/N-ethyl adjacent to an activating group) is 1. The molecule has 0 radical (unpaired) electrons. The van der Waals surface area contributed by atoms with E-state index in [4.69, 9.17) is 0 Å². The summed E-state index contributed by atoms with van der Waals surface area (Å²) >= 11 is 0. The SMILES string of the molecule is CN(CC1CCCN1)S(=O)(=O)c1ccc(C(C)(C)C)cc1. The van der Waals surface area contributed by atoms with E-state index < -0.39 is 10.0 Å². The molecule has 0 aromatic heterocycles. The Balaban J connectivity index is 2.14. The molecule has 0 amide bonds. The third kappa shape index (κ3) is 3.84. The van der Waals surface area contributed by atoms with Crippen LogP contribution in [0.25, 0.3) is 0 Å². The first-order valence-electron chi connectivity index (χ1n) is 7.51. The highest BCUT2D eigenvalue weighted by Gasteiger charge is 2.25. The van der Waals surface area contributed by atoms with Crippen molar-refractivity contribution < 1.29 is 8.42 Å². The van der Waals surface area contributed by atoms with E-state index in [1.165, 1.54) is 4.31 Å². The Labute approximate surface area is 128 Å². The highest BCUT2D eigenvalue weighted by atomic mass is 32.2. The van der Waals surface area contributed by atoms with E-state index in [0.29, 0.717) is 11.4 Å². The van der Waals surface area contributed by atoms with Crippen molar-refractivity contribution >= 4 is 10.0 Å². The third-order valence-corrected chi connectivity index (χ3v) is 5.91. The molecular formula is C16H26N2O2S. The van der Waals surface area contributed by atoms with Crippen molar-refractivity contribution in [2.45, 2.75) is 50.0 Å². The molecule has 1 aromatic carbocycles. The van der Waals surface area contributed by atoms with Crippen molar-refractivity contribution in [3.8, 4) is 0 Å². The van der Waals surface area contributed by atoms with Crippen LogP contribution < -0.4 is 5.32 Å². The van der Waals surface area contributed by atoms with Crippen molar-refractivity contribution in [3.63, 3.8) is 0 Å². The van der Waals surface area contributed by atoms with Gasteiger partial charge in [-0.25, -0.2) is 8.42 Å². The van der Waals surface area contributed by atoms with Gasteiger partial charge in [0.2, 0.25) is 10.0 Å². The summed E-state index contributed by atoms with van der Waals surface area (Å²) in [4.78, 5) is 0.371. The summed E-state index contributed by atoms with van der Waals surface area (Å²) < 4.78 is 26.6. The molecule has 1 atom stereocenters. The summed E-state index contributed by atoms with van der Waals surface area (Å²) in [5, 5.41) is 3.33.